The van der Waals surface area contributed by atoms with Gasteiger partial charge in [0.2, 0.25) is 0 Å². The number of nitrogens with one attached hydrogen (secondary N) is 2. The average Bonchev–Trinajstić information content (AvgIpc) is 3.40. The predicted octanol–water partition coefficient (Wildman–Crippen LogP) is 3.71. The molecule has 0 aliphatic heterocycles. The lowest BCUT2D eigenvalue weighted by Gasteiger charge is -2.15. The third-order valence-corrected chi connectivity index (χ3v) is 5.85. The van der Waals surface area contributed by atoms with Gasteiger partial charge < -0.3 is 15.4 Å². The van der Waals surface area contributed by atoms with Gasteiger partial charge in [-0.15, -0.1) is 11.3 Å². The number of rotatable bonds is 9. The van der Waals surface area contributed by atoms with Crippen molar-refractivity contribution in [3.05, 3.63) is 45.4 Å². The van der Waals surface area contributed by atoms with Crippen molar-refractivity contribution in [3.8, 4) is 5.75 Å². The summed E-state index contributed by atoms with van der Waals surface area (Å²) < 4.78 is 6.05. The Morgan fingerprint density at radius 2 is 2.19 bits per heavy atom. The van der Waals surface area contributed by atoms with Gasteiger partial charge in [0.25, 0.3) is 0 Å². The summed E-state index contributed by atoms with van der Waals surface area (Å²) in [6.07, 6.45) is 6.54. The Kier molecular flexibility index (Phi) is 7.10. The van der Waals surface area contributed by atoms with Crippen LogP contribution in [0.3, 0.4) is 0 Å². The van der Waals surface area contributed by atoms with Crippen LogP contribution < -0.4 is 15.4 Å². The molecule has 0 amide bonds. The number of guanidine groups is 1. The summed E-state index contributed by atoms with van der Waals surface area (Å²) in [6, 6.07) is 6.40. The molecule has 1 aromatic carbocycles. The smallest absolute Gasteiger partial charge is 0.191 e. The molecule has 2 aromatic rings. The highest BCUT2D eigenvalue weighted by Gasteiger charge is 2.22. The van der Waals surface area contributed by atoms with Crippen LogP contribution in [0.1, 0.15) is 40.8 Å². The Morgan fingerprint density at radius 3 is 2.89 bits per heavy atom. The fourth-order valence-corrected chi connectivity index (χ4v) is 3.61. The molecular weight excluding hydrogens is 356 g/mol. The number of ether oxygens (including phenoxy) is 1. The standard InChI is InChI=1S/C21H30N4OS/c1-4-18-13-24-20(27-18)9-10-23-21(22-3)25-12-17-8-5-15(2)11-19(17)26-14-16-6-7-16/h5,8,11,13,16H,4,6-7,9-10,12,14H2,1-3H3,(H2,22,23,25). The van der Waals surface area contributed by atoms with Gasteiger partial charge in [0, 0.05) is 43.2 Å². The largest absolute Gasteiger partial charge is 0.493 e. The van der Waals surface area contributed by atoms with Crippen molar-refractivity contribution in [1.82, 2.24) is 15.6 Å². The molecule has 146 valence electrons. The highest BCUT2D eigenvalue weighted by Crippen LogP contribution is 2.30. The lowest BCUT2D eigenvalue weighted by atomic mass is 10.1. The fourth-order valence-electron chi connectivity index (χ4n) is 2.75. The van der Waals surface area contributed by atoms with Crippen LogP contribution in [0.15, 0.2) is 29.4 Å². The zero-order valence-corrected chi connectivity index (χ0v) is 17.4. The monoisotopic (exact) mass is 386 g/mol. The molecule has 3 rings (SSSR count). The van der Waals surface area contributed by atoms with Crippen LogP contribution in [0.25, 0.3) is 0 Å². The molecule has 0 atom stereocenters. The maximum Gasteiger partial charge on any atom is 0.191 e. The Labute approximate surface area is 166 Å². The molecule has 6 heteroatoms. The summed E-state index contributed by atoms with van der Waals surface area (Å²) in [5.74, 6) is 2.54. The Hall–Kier alpha value is -2.08. The van der Waals surface area contributed by atoms with Crippen molar-refractivity contribution in [3.63, 3.8) is 0 Å². The van der Waals surface area contributed by atoms with Crippen molar-refractivity contribution in [2.45, 2.75) is 46.1 Å². The number of aryl methyl sites for hydroxylation is 2. The van der Waals surface area contributed by atoms with Gasteiger partial charge in [-0.3, -0.25) is 4.99 Å². The molecule has 1 aliphatic rings. The number of hydrogen-bond acceptors (Lipinski definition) is 4. The Morgan fingerprint density at radius 1 is 1.33 bits per heavy atom. The van der Waals surface area contributed by atoms with E-state index in [4.69, 9.17) is 4.74 Å². The van der Waals surface area contributed by atoms with Crippen LogP contribution in [0.4, 0.5) is 0 Å². The van der Waals surface area contributed by atoms with Gasteiger partial charge in [0.1, 0.15) is 5.75 Å². The summed E-state index contributed by atoms with van der Waals surface area (Å²) in [7, 11) is 1.80. The number of aromatic nitrogens is 1. The molecule has 1 heterocycles. The van der Waals surface area contributed by atoms with E-state index >= 15 is 0 Å². The maximum atomic E-state index is 6.05. The second-order valence-corrected chi connectivity index (χ2v) is 8.24. The summed E-state index contributed by atoms with van der Waals surface area (Å²) in [5, 5.41) is 7.94. The van der Waals surface area contributed by atoms with Crippen molar-refractivity contribution >= 4 is 17.3 Å². The highest BCUT2D eigenvalue weighted by molar-refractivity contribution is 7.11. The van der Waals surface area contributed by atoms with E-state index in [2.05, 4.69) is 52.7 Å². The van der Waals surface area contributed by atoms with Crippen LogP contribution in [0.5, 0.6) is 5.75 Å². The van der Waals surface area contributed by atoms with Gasteiger partial charge in [-0.1, -0.05) is 19.1 Å². The minimum absolute atomic E-state index is 0.692. The van der Waals surface area contributed by atoms with Gasteiger partial charge in [-0.25, -0.2) is 4.98 Å². The average molecular weight is 387 g/mol. The zero-order valence-electron chi connectivity index (χ0n) is 16.5. The van der Waals surface area contributed by atoms with Crippen molar-refractivity contribution < 1.29 is 4.74 Å². The third kappa shape index (κ3) is 6.24. The van der Waals surface area contributed by atoms with Gasteiger partial charge in [0.15, 0.2) is 5.96 Å². The predicted molar refractivity (Wildman–Crippen MR) is 113 cm³/mol. The van der Waals surface area contributed by atoms with Crippen LogP contribution in [0, 0.1) is 12.8 Å². The molecule has 2 N–H and O–H groups in total. The molecule has 1 saturated carbocycles. The van der Waals surface area contributed by atoms with E-state index in [1.807, 2.05) is 6.20 Å². The second-order valence-electron chi connectivity index (χ2n) is 7.04. The van der Waals surface area contributed by atoms with E-state index < -0.39 is 0 Å². The van der Waals surface area contributed by atoms with Crippen LogP contribution in [0.2, 0.25) is 0 Å². The second kappa shape index (κ2) is 9.74. The summed E-state index contributed by atoms with van der Waals surface area (Å²) >= 11 is 1.79. The Balaban J connectivity index is 1.48. The normalized spacial score (nSPS) is 14.3. The van der Waals surface area contributed by atoms with Crippen LogP contribution in [-0.4, -0.2) is 31.1 Å². The van der Waals surface area contributed by atoms with Crippen LogP contribution >= 0.6 is 11.3 Å². The molecule has 0 saturated heterocycles. The SMILES string of the molecule is CCc1cnc(CCNC(=NC)NCc2ccc(C)cc2OCC2CC2)s1. The number of thiazole rings is 1. The summed E-state index contributed by atoms with van der Waals surface area (Å²) in [4.78, 5) is 10.1. The third-order valence-electron chi connectivity index (χ3n) is 4.65. The maximum absolute atomic E-state index is 6.05. The number of benzene rings is 1. The van der Waals surface area contributed by atoms with Gasteiger partial charge >= 0.3 is 0 Å². The quantitative estimate of drug-likeness (QED) is 0.509. The van der Waals surface area contributed by atoms with E-state index in [1.165, 1.54) is 28.3 Å². The first-order valence-electron chi connectivity index (χ1n) is 9.78. The fraction of sp³-hybridized carbons (Fsp3) is 0.524. The summed E-state index contributed by atoms with van der Waals surface area (Å²) in [6.45, 7) is 6.60. The molecule has 0 radical (unpaired) electrons. The molecule has 1 aliphatic carbocycles. The van der Waals surface area contributed by atoms with Crippen LogP contribution in [-0.2, 0) is 19.4 Å². The molecule has 1 fully saturated rings. The number of nitrogens with zero attached hydrogens (tertiary/aromatic N) is 2. The molecule has 0 bridgehead atoms. The number of aliphatic imine (C=N–C) groups is 1. The van der Waals surface area contributed by atoms with E-state index in [1.54, 1.807) is 18.4 Å². The van der Waals surface area contributed by atoms with Crippen molar-refractivity contribution in [2.24, 2.45) is 10.9 Å². The highest BCUT2D eigenvalue weighted by atomic mass is 32.1. The van der Waals surface area contributed by atoms with E-state index in [9.17, 15) is 0 Å². The molecule has 1 aromatic heterocycles. The van der Waals surface area contributed by atoms with Gasteiger partial charge in [-0.05, 0) is 43.7 Å². The topological polar surface area (TPSA) is 58.5 Å². The first-order valence-corrected chi connectivity index (χ1v) is 10.6. The Bertz CT molecular complexity index is 767. The number of hydrogen-bond donors (Lipinski definition) is 2. The first kappa shape index (κ1) is 19.7. The van der Waals surface area contributed by atoms with Crippen molar-refractivity contribution in [2.75, 3.05) is 20.2 Å². The van der Waals surface area contributed by atoms with Gasteiger partial charge in [0.05, 0.1) is 11.6 Å². The van der Waals surface area contributed by atoms with E-state index in [0.717, 1.165) is 49.2 Å². The molecule has 0 spiro atoms. The molecule has 0 unspecified atom stereocenters. The summed E-state index contributed by atoms with van der Waals surface area (Å²) in [5.41, 5.74) is 2.39. The lowest BCUT2D eigenvalue weighted by Crippen LogP contribution is -2.37. The zero-order chi connectivity index (χ0) is 19.1. The van der Waals surface area contributed by atoms with Gasteiger partial charge in [-0.2, -0.15) is 0 Å². The van der Waals surface area contributed by atoms with Crippen molar-refractivity contribution in [1.29, 1.82) is 0 Å². The van der Waals surface area contributed by atoms with E-state index in [0.29, 0.717) is 6.54 Å². The minimum Gasteiger partial charge on any atom is -0.493 e. The van der Waals surface area contributed by atoms with E-state index in [-0.39, 0.29) is 0 Å². The molecular formula is C21H30N4OS. The first-order chi connectivity index (χ1) is 13.2. The molecule has 5 nitrogen and oxygen atoms in total. The molecule has 27 heavy (non-hydrogen) atoms. The minimum atomic E-state index is 0.692. The lowest BCUT2D eigenvalue weighted by molar-refractivity contribution is 0.296.